The lowest BCUT2D eigenvalue weighted by Gasteiger charge is -2.05. The zero-order valence-corrected chi connectivity index (χ0v) is 22.7. The first kappa shape index (κ1) is 31.0. The van der Waals surface area contributed by atoms with E-state index in [1.165, 1.54) is 173 Å². The quantitative estimate of drug-likeness (QED) is 0.112. The van der Waals surface area contributed by atoms with Crippen LogP contribution in [0, 0.1) is 5.92 Å². The Hall–Kier alpha value is 0. The molecular weight excluding hydrogens is 372 g/mol. The average molecular weight is 437 g/mol. The molecule has 0 aliphatic carbocycles. The second-order valence-corrected chi connectivity index (χ2v) is 11.0. The standard InChI is InChI=1S/C31H64/c1-4-5-6-7-8-9-10-11-12-13-14-15-16-17-18-19-20-21-22-23-24-25-26-27-28-29-30-31(2)3/h31H,4-30H2,1-3H3. The molecule has 31 heavy (non-hydrogen) atoms. The van der Waals surface area contributed by atoms with Gasteiger partial charge >= 0.3 is 0 Å². The molecule has 0 unspecified atom stereocenters. The van der Waals surface area contributed by atoms with Crippen molar-refractivity contribution in [3.63, 3.8) is 0 Å². The van der Waals surface area contributed by atoms with Crippen LogP contribution < -0.4 is 0 Å². The molecule has 0 heteroatoms. The van der Waals surface area contributed by atoms with E-state index >= 15 is 0 Å². The fourth-order valence-corrected chi connectivity index (χ4v) is 4.87. The highest BCUT2D eigenvalue weighted by Gasteiger charge is 1.97. The Balaban J connectivity index is 2.99. The van der Waals surface area contributed by atoms with E-state index in [2.05, 4.69) is 20.8 Å². The molecule has 0 aliphatic rings. The molecule has 0 aromatic heterocycles. The van der Waals surface area contributed by atoms with Crippen LogP contribution in [-0.4, -0.2) is 0 Å². The molecule has 0 nitrogen and oxygen atoms in total. The second kappa shape index (κ2) is 28.0. The van der Waals surface area contributed by atoms with Crippen molar-refractivity contribution in [3.05, 3.63) is 0 Å². The van der Waals surface area contributed by atoms with Crippen molar-refractivity contribution in [2.75, 3.05) is 0 Å². The van der Waals surface area contributed by atoms with E-state index in [4.69, 9.17) is 0 Å². The lowest BCUT2D eigenvalue weighted by molar-refractivity contribution is 0.500. The van der Waals surface area contributed by atoms with Gasteiger partial charge in [0.05, 0.1) is 0 Å². The minimum atomic E-state index is 0.898. The van der Waals surface area contributed by atoms with Crippen LogP contribution in [0.2, 0.25) is 0 Å². The molecule has 0 amide bonds. The maximum Gasteiger partial charge on any atom is -0.0471 e. The molecule has 0 saturated heterocycles. The molecular formula is C31H64. The highest BCUT2D eigenvalue weighted by atomic mass is 14.0. The second-order valence-electron chi connectivity index (χ2n) is 11.0. The Labute approximate surface area is 200 Å². The summed E-state index contributed by atoms with van der Waals surface area (Å²) in [5.74, 6) is 0.898. The first-order chi connectivity index (χ1) is 15.3. The van der Waals surface area contributed by atoms with Crippen molar-refractivity contribution in [3.8, 4) is 0 Å². The third kappa shape index (κ3) is 30.0. The van der Waals surface area contributed by atoms with Crippen LogP contribution in [0.3, 0.4) is 0 Å². The molecule has 0 heterocycles. The first-order valence-corrected chi connectivity index (χ1v) is 15.3. The van der Waals surface area contributed by atoms with Gasteiger partial charge in [-0.05, 0) is 5.92 Å². The number of unbranched alkanes of at least 4 members (excludes halogenated alkanes) is 25. The predicted molar refractivity (Wildman–Crippen MR) is 145 cm³/mol. The van der Waals surface area contributed by atoms with Crippen LogP contribution in [-0.2, 0) is 0 Å². The number of rotatable bonds is 27. The Morgan fingerprint density at radius 3 is 0.677 bits per heavy atom. The van der Waals surface area contributed by atoms with E-state index in [9.17, 15) is 0 Å². The van der Waals surface area contributed by atoms with E-state index in [1.807, 2.05) is 0 Å². The smallest absolute Gasteiger partial charge is 0.0471 e. The minimum absolute atomic E-state index is 0.898. The Bertz CT molecular complexity index is 292. The highest BCUT2D eigenvalue weighted by molar-refractivity contribution is 4.52. The van der Waals surface area contributed by atoms with Gasteiger partial charge in [0, 0.05) is 0 Å². The number of hydrogen-bond donors (Lipinski definition) is 0. The fraction of sp³-hybridized carbons (Fsp3) is 1.00. The first-order valence-electron chi connectivity index (χ1n) is 15.3. The van der Waals surface area contributed by atoms with E-state index < -0.39 is 0 Å². The summed E-state index contributed by atoms with van der Waals surface area (Å²) < 4.78 is 0. The zero-order chi connectivity index (χ0) is 22.7. The van der Waals surface area contributed by atoms with Crippen LogP contribution in [0.15, 0.2) is 0 Å². The van der Waals surface area contributed by atoms with E-state index in [1.54, 1.807) is 0 Å². The summed E-state index contributed by atoms with van der Waals surface area (Å²) in [5.41, 5.74) is 0. The average Bonchev–Trinajstić information content (AvgIpc) is 2.76. The van der Waals surface area contributed by atoms with Crippen molar-refractivity contribution in [1.29, 1.82) is 0 Å². The molecule has 0 fully saturated rings. The zero-order valence-electron chi connectivity index (χ0n) is 22.7. The fourth-order valence-electron chi connectivity index (χ4n) is 4.87. The van der Waals surface area contributed by atoms with Crippen molar-refractivity contribution >= 4 is 0 Å². The van der Waals surface area contributed by atoms with Gasteiger partial charge in [-0.15, -0.1) is 0 Å². The van der Waals surface area contributed by atoms with Gasteiger partial charge in [-0.1, -0.05) is 194 Å². The van der Waals surface area contributed by atoms with Gasteiger partial charge in [-0.3, -0.25) is 0 Å². The summed E-state index contributed by atoms with van der Waals surface area (Å²) in [6, 6.07) is 0. The molecule has 0 N–H and O–H groups in total. The lowest BCUT2D eigenvalue weighted by Crippen LogP contribution is -1.87. The van der Waals surface area contributed by atoms with E-state index in [-0.39, 0.29) is 0 Å². The molecule has 0 rings (SSSR count). The van der Waals surface area contributed by atoms with Crippen LogP contribution in [0.1, 0.15) is 194 Å². The van der Waals surface area contributed by atoms with Gasteiger partial charge in [0.15, 0.2) is 0 Å². The number of hydrogen-bond acceptors (Lipinski definition) is 0. The molecule has 188 valence electrons. The molecule has 0 atom stereocenters. The van der Waals surface area contributed by atoms with Crippen LogP contribution in [0.4, 0.5) is 0 Å². The summed E-state index contributed by atoms with van der Waals surface area (Å²) >= 11 is 0. The highest BCUT2D eigenvalue weighted by Crippen LogP contribution is 2.16. The summed E-state index contributed by atoms with van der Waals surface area (Å²) in [7, 11) is 0. The molecule has 0 aliphatic heterocycles. The Kier molecular flexibility index (Phi) is 28.0. The van der Waals surface area contributed by atoms with Crippen LogP contribution in [0.25, 0.3) is 0 Å². The summed E-state index contributed by atoms with van der Waals surface area (Å²) in [6.07, 6.45) is 39.9. The van der Waals surface area contributed by atoms with Gasteiger partial charge in [0.1, 0.15) is 0 Å². The van der Waals surface area contributed by atoms with Gasteiger partial charge in [0.25, 0.3) is 0 Å². The minimum Gasteiger partial charge on any atom is -0.0654 e. The normalized spacial score (nSPS) is 11.6. The molecule has 0 spiro atoms. The van der Waals surface area contributed by atoms with Crippen molar-refractivity contribution in [1.82, 2.24) is 0 Å². The van der Waals surface area contributed by atoms with E-state index in [0.29, 0.717) is 0 Å². The summed E-state index contributed by atoms with van der Waals surface area (Å²) in [4.78, 5) is 0. The van der Waals surface area contributed by atoms with Crippen LogP contribution >= 0.6 is 0 Å². The Morgan fingerprint density at radius 2 is 0.484 bits per heavy atom. The molecule has 0 bridgehead atoms. The van der Waals surface area contributed by atoms with Crippen molar-refractivity contribution < 1.29 is 0 Å². The van der Waals surface area contributed by atoms with Crippen molar-refractivity contribution in [2.24, 2.45) is 5.92 Å². The van der Waals surface area contributed by atoms with Gasteiger partial charge in [0.2, 0.25) is 0 Å². The maximum absolute atomic E-state index is 2.35. The van der Waals surface area contributed by atoms with Gasteiger partial charge in [-0.2, -0.15) is 0 Å². The van der Waals surface area contributed by atoms with E-state index in [0.717, 1.165) is 5.92 Å². The molecule has 0 aromatic carbocycles. The summed E-state index contributed by atoms with van der Waals surface area (Å²) in [5, 5.41) is 0. The third-order valence-electron chi connectivity index (χ3n) is 7.14. The molecule has 0 aromatic rings. The lowest BCUT2D eigenvalue weighted by atomic mass is 10.0. The SMILES string of the molecule is CCCCCCCCCCCCCCCCCCCCCCCCCCCCC(C)C. The monoisotopic (exact) mass is 437 g/mol. The van der Waals surface area contributed by atoms with Gasteiger partial charge < -0.3 is 0 Å². The van der Waals surface area contributed by atoms with Crippen molar-refractivity contribution in [2.45, 2.75) is 194 Å². The third-order valence-corrected chi connectivity index (χ3v) is 7.14. The largest absolute Gasteiger partial charge is 0.0654 e. The maximum atomic E-state index is 2.35. The Morgan fingerprint density at radius 1 is 0.290 bits per heavy atom. The topological polar surface area (TPSA) is 0 Å². The molecule has 0 saturated carbocycles. The van der Waals surface area contributed by atoms with Gasteiger partial charge in [-0.25, -0.2) is 0 Å². The summed E-state index contributed by atoms with van der Waals surface area (Å²) in [6.45, 7) is 7.00. The van der Waals surface area contributed by atoms with Crippen LogP contribution in [0.5, 0.6) is 0 Å². The predicted octanol–water partition coefficient (Wildman–Crippen LogP) is 12.2. The molecule has 0 radical (unpaired) electrons.